The first-order chi connectivity index (χ1) is 12.2. The Morgan fingerprint density at radius 2 is 2.12 bits per heavy atom. The number of nitrogens with one attached hydrogen (secondary N) is 1. The third-order valence-corrected chi connectivity index (χ3v) is 6.23. The minimum atomic E-state index is -4.77. The van der Waals surface area contributed by atoms with Crippen LogP contribution in [-0.2, 0) is 10.0 Å². The van der Waals surface area contributed by atoms with E-state index in [0.29, 0.717) is 23.1 Å². The van der Waals surface area contributed by atoms with Crippen LogP contribution in [0.1, 0.15) is 17.9 Å². The second-order valence-corrected chi connectivity index (χ2v) is 8.11. The number of sulfonamides is 1. The van der Waals surface area contributed by atoms with Gasteiger partial charge in [-0.15, -0.1) is 10.2 Å². The largest absolute Gasteiger partial charge is 0.404 e. The number of fused-ring (bicyclic) bond motifs is 3. The monoisotopic (exact) mass is 386 g/mol. The fraction of sp³-hybridized carbons (Fsp3) is 0.429. The molecule has 4 rings (SSSR count). The lowest BCUT2D eigenvalue weighted by Crippen LogP contribution is -2.36. The molecular formula is C14H13F3N6O2S. The highest BCUT2D eigenvalue weighted by atomic mass is 32.2. The Morgan fingerprint density at radius 3 is 2.88 bits per heavy atom. The molecule has 0 aromatic carbocycles. The van der Waals surface area contributed by atoms with Crippen LogP contribution in [0.5, 0.6) is 0 Å². The molecule has 138 valence electrons. The molecule has 8 nitrogen and oxygen atoms in total. The van der Waals surface area contributed by atoms with E-state index in [2.05, 4.69) is 25.4 Å². The van der Waals surface area contributed by atoms with Crippen LogP contribution >= 0.6 is 0 Å². The zero-order valence-electron chi connectivity index (χ0n) is 13.2. The first kappa shape index (κ1) is 17.1. The second-order valence-electron chi connectivity index (χ2n) is 6.15. The maximum Gasteiger partial charge on any atom is 0.404 e. The highest BCUT2D eigenvalue weighted by molar-refractivity contribution is 7.89. The van der Waals surface area contributed by atoms with Crippen molar-refractivity contribution >= 4 is 32.1 Å². The van der Waals surface area contributed by atoms with Crippen molar-refractivity contribution in [3.63, 3.8) is 0 Å². The summed E-state index contributed by atoms with van der Waals surface area (Å²) >= 11 is 0. The van der Waals surface area contributed by atoms with Gasteiger partial charge < -0.3 is 0 Å². The van der Waals surface area contributed by atoms with E-state index in [1.54, 1.807) is 18.5 Å². The molecule has 1 aliphatic rings. The van der Waals surface area contributed by atoms with Gasteiger partial charge in [0, 0.05) is 36.0 Å². The van der Waals surface area contributed by atoms with Crippen molar-refractivity contribution in [3.05, 3.63) is 24.0 Å². The van der Waals surface area contributed by atoms with E-state index in [9.17, 15) is 21.6 Å². The van der Waals surface area contributed by atoms with Gasteiger partial charge in [0.2, 0.25) is 10.0 Å². The predicted molar refractivity (Wildman–Crippen MR) is 85.8 cm³/mol. The molecule has 4 heterocycles. The Labute approximate surface area is 145 Å². The quantitative estimate of drug-likeness (QED) is 0.733. The summed E-state index contributed by atoms with van der Waals surface area (Å²) < 4.78 is 62.5. The average molecular weight is 386 g/mol. The lowest BCUT2D eigenvalue weighted by atomic mass is 9.96. The number of alkyl halides is 3. The van der Waals surface area contributed by atoms with Crippen molar-refractivity contribution < 1.29 is 21.6 Å². The number of rotatable bonds is 3. The van der Waals surface area contributed by atoms with Crippen molar-refractivity contribution in [1.82, 2.24) is 29.7 Å². The Morgan fingerprint density at radius 1 is 1.31 bits per heavy atom. The number of hydrogen-bond donors (Lipinski definition) is 1. The normalized spacial score (nSPS) is 19.6. The number of aromatic amines is 1. The molecule has 0 bridgehead atoms. The molecule has 1 aliphatic heterocycles. The molecule has 3 aromatic heterocycles. The van der Waals surface area contributed by atoms with Gasteiger partial charge in [-0.1, -0.05) is 0 Å². The number of nitrogens with zero attached hydrogens (tertiary/aromatic N) is 5. The maximum atomic E-state index is 12.5. The zero-order chi connectivity index (χ0) is 18.5. The van der Waals surface area contributed by atoms with Crippen LogP contribution in [0, 0.1) is 0 Å². The van der Waals surface area contributed by atoms with E-state index in [0.717, 1.165) is 15.3 Å². The van der Waals surface area contributed by atoms with Gasteiger partial charge in [-0.2, -0.15) is 18.3 Å². The smallest absolute Gasteiger partial charge is 0.259 e. The Bertz CT molecular complexity index is 1080. The fourth-order valence-corrected chi connectivity index (χ4v) is 4.70. The highest BCUT2D eigenvalue weighted by Gasteiger charge is 2.41. The van der Waals surface area contributed by atoms with Crippen LogP contribution in [-0.4, -0.2) is 63.1 Å². The molecule has 1 unspecified atom stereocenters. The molecule has 12 heteroatoms. The molecule has 0 spiro atoms. The van der Waals surface area contributed by atoms with Gasteiger partial charge in [-0.25, -0.2) is 17.7 Å². The minimum Gasteiger partial charge on any atom is -0.259 e. The molecule has 3 aromatic rings. The molecule has 0 radical (unpaired) electrons. The van der Waals surface area contributed by atoms with E-state index in [-0.39, 0.29) is 19.0 Å². The molecule has 0 aliphatic carbocycles. The fourth-order valence-electron chi connectivity index (χ4n) is 3.32. The summed E-state index contributed by atoms with van der Waals surface area (Å²) in [6.07, 6.45) is -1.23. The summed E-state index contributed by atoms with van der Waals surface area (Å²) in [6.45, 7) is 0.00125. The number of H-pyrrole nitrogens is 1. The molecule has 1 atom stereocenters. The first-order valence-electron chi connectivity index (χ1n) is 7.73. The van der Waals surface area contributed by atoms with Crippen LogP contribution in [0.4, 0.5) is 13.2 Å². The molecule has 0 amide bonds. The predicted octanol–water partition coefficient (Wildman–Crippen LogP) is 1.58. The third kappa shape index (κ3) is 2.98. The molecule has 26 heavy (non-hydrogen) atoms. The summed E-state index contributed by atoms with van der Waals surface area (Å²) in [5.41, 5.74) is 1.58. The highest BCUT2D eigenvalue weighted by Crippen LogP contribution is 2.35. The van der Waals surface area contributed by atoms with Crippen molar-refractivity contribution in [1.29, 1.82) is 0 Å². The van der Waals surface area contributed by atoms with Crippen molar-refractivity contribution in [2.75, 3.05) is 18.8 Å². The van der Waals surface area contributed by atoms with E-state index < -0.39 is 22.0 Å². The second kappa shape index (κ2) is 5.84. The van der Waals surface area contributed by atoms with E-state index in [1.807, 2.05) is 0 Å². The van der Waals surface area contributed by atoms with Gasteiger partial charge in [-0.05, 0) is 18.1 Å². The Balaban J connectivity index is 1.71. The molecular weight excluding hydrogens is 373 g/mol. The lowest BCUT2D eigenvalue weighted by Gasteiger charge is -2.18. The number of aromatic nitrogens is 5. The van der Waals surface area contributed by atoms with E-state index in [4.69, 9.17) is 0 Å². The standard InChI is InChI=1S/C14H13F3N6O2S/c15-14(16,17)7-26(24,25)23-4-2-8(6-23)10-5-19-20-13-11(10)9-1-3-18-12(9)21-22-13/h1,3,5,8H,2,4,6-7H2,(H,20,22). The zero-order valence-corrected chi connectivity index (χ0v) is 14.0. The first-order valence-corrected chi connectivity index (χ1v) is 9.34. The number of hydrogen-bond acceptors (Lipinski definition) is 6. The van der Waals surface area contributed by atoms with Gasteiger partial charge in [-0.3, -0.25) is 5.10 Å². The average Bonchev–Trinajstić information content (AvgIpc) is 3.21. The summed E-state index contributed by atoms with van der Waals surface area (Å²) in [7, 11) is -4.40. The SMILES string of the molecule is O=S(=O)(CC(F)(F)F)N1CCC(c2cn[nH]c3nnc4nccc4c23)C1. The van der Waals surface area contributed by atoms with Gasteiger partial charge >= 0.3 is 6.18 Å². The number of halogens is 3. The van der Waals surface area contributed by atoms with Crippen molar-refractivity contribution in [3.8, 4) is 0 Å². The van der Waals surface area contributed by atoms with E-state index in [1.165, 1.54) is 0 Å². The lowest BCUT2D eigenvalue weighted by molar-refractivity contribution is -0.106. The van der Waals surface area contributed by atoms with Crippen molar-refractivity contribution in [2.24, 2.45) is 0 Å². The van der Waals surface area contributed by atoms with Crippen LogP contribution in [0.3, 0.4) is 0 Å². The van der Waals surface area contributed by atoms with Crippen LogP contribution in [0.25, 0.3) is 22.1 Å². The van der Waals surface area contributed by atoms with Gasteiger partial charge in [0.15, 0.2) is 17.0 Å². The summed E-state index contributed by atoms with van der Waals surface area (Å²) in [5.74, 6) is -2.14. The van der Waals surface area contributed by atoms with Crippen LogP contribution < -0.4 is 0 Å². The van der Waals surface area contributed by atoms with E-state index >= 15 is 0 Å². The van der Waals surface area contributed by atoms with Gasteiger partial charge in [0.1, 0.15) is 0 Å². The Hall–Kier alpha value is -2.34. The van der Waals surface area contributed by atoms with Gasteiger partial charge in [0.25, 0.3) is 0 Å². The topological polar surface area (TPSA) is 105 Å². The third-order valence-electron chi connectivity index (χ3n) is 4.42. The summed E-state index contributed by atoms with van der Waals surface area (Å²) in [4.78, 5) is 4.09. The molecule has 1 fully saturated rings. The Kier molecular flexibility index (Phi) is 3.84. The maximum absolute atomic E-state index is 12.5. The van der Waals surface area contributed by atoms with Gasteiger partial charge in [0.05, 0.1) is 6.20 Å². The van der Waals surface area contributed by atoms with Crippen molar-refractivity contribution in [2.45, 2.75) is 18.5 Å². The van der Waals surface area contributed by atoms with Crippen LogP contribution in [0.15, 0.2) is 18.5 Å². The summed E-state index contributed by atoms with van der Waals surface area (Å²) in [6, 6.07) is 1.76. The van der Waals surface area contributed by atoms with Crippen LogP contribution in [0.2, 0.25) is 0 Å². The summed E-state index contributed by atoms with van der Waals surface area (Å²) in [5, 5.41) is 16.2. The molecule has 0 saturated carbocycles. The molecule has 1 saturated heterocycles. The minimum absolute atomic E-state index is 0.0306. The molecule has 1 N–H and O–H groups in total.